The predicted molar refractivity (Wildman–Crippen MR) is 136 cm³/mol. The molecule has 3 aromatic carbocycles. The van der Waals surface area contributed by atoms with E-state index >= 15 is 0 Å². The molecule has 3 amide bonds. The fraction of sp³-hybridized carbons (Fsp3) is 0.148. The molecule has 1 N–H and O–H groups in total. The summed E-state index contributed by atoms with van der Waals surface area (Å²) in [5, 5.41) is 2.17. The number of thioether (sulfide) groups is 1. The summed E-state index contributed by atoms with van der Waals surface area (Å²) < 4.78 is 16.6. The van der Waals surface area contributed by atoms with Gasteiger partial charge in [0.1, 0.15) is 18.9 Å². The number of nitrogens with one attached hydrogen (secondary N) is 1. The first-order valence-electron chi connectivity index (χ1n) is 11.2. The quantitative estimate of drug-likeness (QED) is 0.456. The number of carbonyl (C=O) groups excluding carboxylic acids is 3. The maximum atomic E-state index is 12.9. The molecule has 8 nitrogen and oxygen atoms in total. The van der Waals surface area contributed by atoms with Gasteiger partial charge in [0.05, 0.1) is 4.91 Å². The Bertz CT molecular complexity index is 1390. The van der Waals surface area contributed by atoms with Crippen molar-refractivity contribution in [3.8, 4) is 17.2 Å². The Kier molecular flexibility index (Phi) is 6.64. The maximum absolute atomic E-state index is 12.9. The Morgan fingerprint density at radius 3 is 2.75 bits per heavy atom. The van der Waals surface area contributed by atoms with Crippen LogP contribution in [0.15, 0.2) is 71.6 Å². The van der Waals surface area contributed by atoms with Gasteiger partial charge >= 0.3 is 0 Å². The first-order valence-corrected chi connectivity index (χ1v) is 12.0. The van der Waals surface area contributed by atoms with Crippen molar-refractivity contribution in [1.29, 1.82) is 0 Å². The average molecular weight is 503 g/mol. The smallest absolute Gasteiger partial charge is 0.294 e. The van der Waals surface area contributed by atoms with E-state index in [9.17, 15) is 14.4 Å². The Hall–Kier alpha value is -4.24. The van der Waals surface area contributed by atoms with Gasteiger partial charge in [0.25, 0.3) is 11.1 Å². The molecule has 0 aromatic heterocycles. The van der Waals surface area contributed by atoms with E-state index < -0.39 is 23.6 Å². The van der Waals surface area contributed by atoms with Gasteiger partial charge in [-0.25, -0.2) is 0 Å². The van der Waals surface area contributed by atoms with Gasteiger partial charge in [-0.3, -0.25) is 19.3 Å². The Morgan fingerprint density at radius 1 is 1.06 bits per heavy atom. The average Bonchev–Trinajstić information content (AvgIpc) is 3.43. The van der Waals surface area contributed by atoms with Crippen molar-refractivity contribution >= 4 is 40.6 Å². The highest BCUT2D eigenvalue weighted by molar-refractivity contribution is 8.18. The number of rotatable bonds is 7. The molecule has 0 saturated carbocycles. The minimum Gasteiger partial charge on any atom is -0.488 e. The number of fused-ring (bicyclic) bond motifs is 1. The number of anilines is 1. The van der Waals surface area contributed by atoms with Gasteiger partial charge in [-0.1, -0.05) is 48.0 Å². The van der Waals surface area contributed by atoms with Crippen LogP contribution in [-0.4, -0.2) is 35.3 Å². The number of carbonyl (C=O) groups is 3. The molecular formula is C27H22N2O6S. The second-order valence-corrected chi connectivity index (χ2v) is 9.19. The molecule has 1 saturated heterocycles. The number of ether oxygens (including phenoxy) is 3. The van der Waals surface area contributed by atoms with Gasteiger partial charge in [0.15, 0.2) is 11.5 Å². The summed E-state index contributed by atoms with van der Waals surface area (Å²) in [7, 11) is 0. The lowest BCUT2D eigenvalue weighted by atomic mass is 10.1. The van der Waals surface area contributed by atoms with Crippen LogP contribution in [0.3, 0.4) is 0 Å². The van der Waals surface area contributed by atoms with Crippen molar-refractivity contribution in [1.82, 2.24) is 4.90 Å². The van der Waals surface area contributed by atoms with Crippen LogP contribution in [0.2, 0.25) is 0 Å². The molecule has 0 radical (unpaired) electrons. The number of aryl methyl sites for hydroxylation is 1. The summed E-state index contributed by atoms with van der Waals surface area (Å²) in [6, 6.07) is 20.3. The molecule has 2 heterocycles. The van der Waals surface area contributed by atoms with Gasteiger partial charge < -0.3 is 19.5 Å². The van der Waals surface area contributed by atoms with Gasteiger partial charge in [-0.15, -0.1) is 0 Å². The van der Waals surface area contributed by atoms with Crippen molar-refractivity contribution in [3.05, 3.63) is 88.3 Å². The lowest BCUT2D eigenvalue weighted by Crippen LogP contribution is -2.36. The van der Waals surface area contributed by atoms with Crippen molar-refractivity contribution in [2.75, 3.05) is 18.7 Å². The normalized spacial score (nSPS) is 15.5. The molecule has 1 fully saturated rings. The summed E-state index contributed by atoms with van der Waals surface area (Å²) in [4.78, 5) is 39.2. The largest absolute Gasteiger partial charge is 0.488 e. The van der Waals surface area contributed by atoms with Crippen LogP contribution in [0.25, 0.3) is 6.08 Å². The van der Waals surface area contributed by atoms with Crippen LogP contribution in [0, 0.1) is 6.92 Å². The molecule has 0 bridgehead atoms. The van der Waals surface area contributed by atoms with Gasteiger partial charge in [0.2, 0.25) is 12.7 Å². The number of benzene rings is 3. The maximum Gasteiger partial charge on any atom is 0.294 e. The van der Waals surface area contributed by atoms with Crippen molar-refractivity contribution in [2.45, 2.75) is 13.5 Å². The molecule has 0 unspecified atom stereocenters. The van der Waals surface area contributed by atoms with E-state index in [2.05, 4.69) is 5.32 Å². The molecule has 36 heavy (non-hydrogen) atoms. The highest BCUT2D eigenvalue weighted by atomic mass is 32.2. The van der Waals surface area contributed by atoms with E-state index in [0.29, 0.717) is 35.1 Å². The molecule has 0 aliphatic carbocycles. The summed E-state index contributed by atoms with van der Waals surface area (Å²) in [5.41, 5.74) is 3.31. The number of para-hydroxylation sites is 1. The van der Waals surface area contributed by atoms with Crippen LogP contribution < -0.4 is 19.5 Å². The minimum absolute atomic E-state index is 0.121. The molecule has 2 aliphatic heterocycles. The fourth-order valence-corrected chi connectivity index (χ4v) is 4.62. The molecule has 5 rings (SSSR count). The second kappa shape index (κ2) is 10.2. The molecule has 0 spiro atoms. The highest BCUT2D eigenvalue weighted by Gasteiger charge is 2.36. The zero-order valence-electron chi connectivity index (χ0n) is 19.4. The standard InChI is InChI=1S/C27H22N2O6S/c1-17-5-4-6-18(11-17)15-33-21-8-3-2-7-19(21)12-24-26(31)29(27(32)36-24)14-25(30)28-20-9-10-22-23(13-20)35-16-34-22/h2-13H,14-16H2,1H3,(H,28,30)/b24-12+. The van der Waals surface area contributed by atoms with Gasteiger partial charge in [-0.05, 0) is 48.5 Å². The van der Waals surface area contributed by atoms with Gasteiger partial charge in [0, 0.05) is 17.3 Å². The molecule has 3 aromatic rings. The van der Waals surface area contributed by atoms with E-state index in [1.165, 1.54) is 0 Å². The number of amides is 3. The molecule has 2 aliphatic rings. The number of nitrogens with zero attached hydrogens (tertiary/aromatic N) is 1. The van der Waals surface area contributed by atoms with E-state index in [-0.39, 0.29) is 11.7 Å². The zero-order chi connectivity index (χ0) is 25.1. The predicted octanol–water partition coefficient (Wildman–Crippen LogP) is 4.98. The van der Waals surface area contributed by atoms with Crippen molar-refractivity contribution in [2.24, 2.45) is 0 Å². The molecular weight excluding hydrogens is 480 g/mol. The summed E-state index contributed by atoms with van der Waals surface area (Å²) in [5.74, 6) is 0.669. The number of hydrogen-bond acceptors (Lipinski definition) is 7. The molecule has 182 valence electrons. The van der Waals surface area contributed by atoms with Gasteiger partial charge in [-0.2, -0.15) is 0 Å². The number of imide groups is 1. The van der Waals surface area contributed by atoms with Crippen LogP contribution in [0.1, 0.15) is 16.7 Å². The van der Waals surface area contributed by atoms with Crippen molar-refractivity contribution in [3.63, 3.8) is 0 Å². The Balaban J connectivity index is 1.25. The lowest BCUT2D eigenvalue weighted by Gasteiger charge is -2.13. The zero-order valence-corrected chi connectivity index (χ0v) is 20.2. The van der Waals surface area contributed by atoms with Crippen LogP contribution in [0.4, 0.5) is 10.5 Å². The van der Waals surface area contributed by atoms with E-state index in [4.69, 9.17) is 14.2 Å². The summed E-state index contributed by atoms with van der Waals surface area (Å²) in [6.45, 7) is 2.11. The SMILES string of the molecule is Cc1cccc(COc2ccccc2/C=C2/SC(=O)N(CC(=O)Nc3ccc4c(c3)OCO4)C2=O)c1. The number of hydrogen-bond donors (Lipinski definition) is 1. The third-order valence-corrected chi connectivity index (χ3v) is 6.42. The van der Waals surface area contributed by atoms with E-state index in [0.717, 1.165) is 27.8 Å². The lowest BCUT2D eigenvalue weighted by molar-refractivity contribution is -0.127. The summed E-state index contributed by atoms with van der Waals surface area (Å²) in [6.07, 6.45) is 1.62. The highest BCUT2D eigenvalue weighted by Crippen LogP contribution is 2.35. The minimum atomic E-state index is -0.528. The second-order valence-electron chi connectivity index (χ2n) is 8.20. The molecule has 9 heteroatoms. The Labute approximate surface area is 211 Å². The van der Waals surface area contributed by atoms with Crippen LogP contribution in [0.5, 0.6) is 17.2 Å². The van der Waals surface area contributed by atoms with E-state index in [1.54, 1.807) is 24.3 Å². The molecule has 0 atom stereocenters. The van der Waals surface area contributed by atoms with E-state index in [1.807, 2.05) is 55.5 Å². The topological polar surface area (TPSA) is 94.2 Å². The first-order chi connectivity index (χ1) is 17.5. The first kappa shape index (κ1) is 23.5. The van der Waals surface area contributed by atoms with Crippen LogP contribution >= 0.6 is 11.8 Å². The summed E-state index contributed by atoms with van der Waals surface area (Å²) >= 11 is 0.793. The third-order valence-electron chi connectivity index (χ3n) is 5.51. The van der Waals surface area contributed by atoms with Crippen LogP contribution in [-0.2, 0) is 16.2 Å². The third kappa shape index (κ3) is 5.21. The fourth-order valence-electron chi connectivity index (χ4n) is 3.79. The van der Waals surface area contributed by atoms with Crippen molar-refractivity contribution < 1.29 is 28.6 Å². The Morgan fingerprint density at radius 2 is 1.89 bits per heavy atom. The monoisotopic (exact) mass is 502 g/mol.